The zero-order valence-electron chi connectivity index (χ0n) is 17.5. The summed E-state index contributed by atoms with van der Waals surface area (Å²) in [6.07, 6.45) is 3.08. The molecular formula is C25H21F2N3O2. The van der Waals surface area contributed by atoms with Crippen LogP contribution in [0, 0.1) is 29.9 Å². The van der Waals surface area contributed by atoms with Gasteiger partial charge in [0.15, 0.2) is 0 Å². The van der Waals surface area contributed by atoms with Gasteiger partial charge in [-0.15, -0.1) is 0 Å². The molecule has 4 rings (SSSR count). The van der Waals surface area contributed by atoms with E-state index in [1.54, 1.807) is 23.1 Å². The molecule has 1 aliphatic heterocycles. The number of aryl methyl sites for hydroxylation is 2. The normalized spacial score (nSPS) is 13.7. The van der Waals surface area contributed by atoms with Crippen molar-refractivity contribution in [3.63, 3.8) is 0 Å². The van der Waals surface area contributed by atoms with Crippen LogP contribution in [0.25, 0.3) is 16.3 Å². The number of benzene rings is 2. The average molecular weight is 433 g/mol. The van der Waals surface area contributed by atoms with Gasteiger partial charge in [-0.1, -0.05) is 18.2 Å². The number of H-pyrrole nitrogens is 1. The number of nitrogens with zero attached hydrogens (tertiary/aromatic N) is 2. The molecule has 0 bridgehead atoms. The Labute approximate surface area is 183 Å². The molecule has 7 heteroatoms. The van der Waals surface area contributed by atoms with Gasteiger partial charge in [-0.05, 0) is 66.1 Å². The van der Waals surface area contributed by atoms with E-state index in [1.165, 1.54) is 18.2 Å². The van der Waals surface area contributed by atoms with Crippen LogP contribution in [0.15, 0.2) is 47.3 Å². The fraction of sp³-hybridized carbons (Fsp3) is 0.240. The van der Waals surface area contributed by atoms with Crippen molar-refractivity contribution in [1.29, 1.82) is 5.26 Å². The van der Waals surface area contributed by atoms with E-state index in [9.17, 15) is 18.4 Å². The zero-order chi connectivity index (χ0) is 22.8. The lowest BCUT2D eigenvalue weighted by Crippen LogP contribution is -2.34. The molecule has 0 saturated carbocycles. The summed E-state index contributed by atoms with van der Waals surface area (Å²) in [4.78, 5) is 29.4. The van der Waals surface area contributed by atoms with E-state index in [0.717, 1.165) is 16.7 Å². The van der Waals surface area contributed by atoms with Gasteiger partial charge in [-0.3, -0.25) is 9.59 Å². The Morgan fingerprint density at radius 2 is 1.97 bits per heavy atom. The Morgan fingerprint density at radius 3 is 2.69 bits per heavy atom. The van der Waals surface area contributed by atoms with Crippen molar-refractivity contribution in [2.24, 2.45) is 0 Å². The van der Waals surface area contributed by atoms with Crippen LogP contribution in [0.1, 0.15) is 35.2 Å². The van der Waals surface area contributed by atoms with Crippen molar-refractivity contribution < 1.29 is 13.6 Å². The third-order valence-corrected chi connectivity index (χ3v) is 5.86. The number of pyridine rings is 1. The Kier molecular flexibility index (Phi) is 5.87. The number of hydrogen-bond donors (Lipinski definition) is 1. The van der Waals surface area contributed by atoms with Gasteiger partial charge in [0.25, 0.3) is 5.56 Å². The van der Waals surface area contributed by atoms with Crippen molar-refractivity contribution in [2.75, 3.05) is 13.1 Å². The van der Waals surface area contributed by atoms with Crippen LogP contribution in [0.3, 0.4) is 0 Å². The lowest BCUT2D eigenvalue weighted by molar-refractivity contribution is -0.130. The summed E-state index contributed by atoms with van der Waals surface area (Å²) < 4.78 is 27.6. The lowest BCUT2D eigenvalue weighted by atomic mass is 9.97. The van der Waals surface area contributed by atoms with Crippen molar-refractivity contribution in [1.82, 2.24) is 9.88 Å². The van der Waals surface area contributed by atoms with E-state index in [-0.39, 0.29) is 23.3 Å². The van der Waals surface area contributed by atoms with Crippen molar-refractivity contribution in [3.05, 3.63) is 86.8 Å². The number of carbonyl (C=O) groups excluding carboxylic acids is 1. The number of carbonyl (C=O) groups is 1. The van der Waals surface area contributed by atoms with Crippen LogP contribution in [0.5, 0.6) is 0 Å². The second-order valence-electron chi connectivity index (χ2n) is 7.90. The predicted octanol–water partition coefficient (Wildman–Crippen LogP) is 4.23. The van der Waals surface area contributed by atoms with Gasteiger partial charge in [-0.25, -0.2) is 8.78 Å². The molecular weight excluding hydrogens is 412 g/mol. The topological polar surface area (TPSA) is 77.0 Å². The maximum absolute atomic E-state index is 14.0. The molecule has 0 spiro atoms. The maximum Gasteiger partial charge on any atom is 0.259 e. The van der Waals surface area contributed by atoms with Gasteiger partial charge in [0.2, 0.25) is 5.91 Å². The van der Waals surface area contributed by atoms with Crippen LogP contribution in [-0.4, -0.2) is 28.9 Å². The second-order valence-corrected chi connectivity index (χ2v) is 7.90. The summed E-state index contributed by atoms with van der Waals surface area (Å²) in [5.41, 5.74) is 2.66. The van der Waals surface area contributed by atoms with Gasteiger partial charge in [-0.2, -0.15) is 5.26 Å². The van der Waals surface area contributed by atoms with Crippen LogP contribution in [0.4, 0.5) is 8.78 Å². The SMILES string of the molecule is Cc1ccc(F)c2c(=O)[nH]c(CCC(=O)N3CC=C(c4ccc(F)c(C#N)c4)CC3)cc12. The van der Waals surface area contributed by atoms with Crippen molar-refractivity contribution in [2.45, 2.75) is 26.2 Å². The molecule has 0 saturated heterocycles. The van der Waals surface area contributed by atoms with E-state index >= 15 is 0 Å². The first-order chi connectivity index (χ1) is 15.4. The lowest BCUT2D eigenvalue weighted by Gasteiger charge is -2.27. The monoisotopic (exact) mass is 433 g/mol. The molecule has 0 unspecified atom stereocenters. The fourth-order valence-corrected chi connectivity index (χ4v) is 4.04. The minimum absolute atomic E-state index is 0.00130. The molecule has 1 amide bonds. The first kappa shape index (κ1) is 21.4. The number of nitriles is 1. The Morgan fingerprint density at radius 1 is 1.19 bits per heavy atom. The number of aromatic amines is 1. The first-order valence-corrected chi connectivity index (χ1v) is 10.3. The molecule has 162 valence electrons. The molecule has 1 aliphatic rings. The zero-order valence-corrected chi connectivity index (χ0v) is 17.5. The van der Waals surface area contributed by atoms with E-state index in [1.807, 2.05) is 19.1 Å². The van der Waals surface area contributed by atoms with E-state index in [2.05, 4.69) is 4.98 Å². The Balaban J connectivity index is 1.43. The molecule has 0 atom stereocenters. The third kappa shape index (κ3) is 4.17. The van der Waals surface area contributed by atoms with Gasteiger partial charge in [0.1, 0.15) is 17.7 Å². The van der Waals surface area contributed by atoms with Gasteiger partial charge >= 0.3 is 0 Å². The van der Waals surface area contributed by atoms with Crippen molar-refractivity contribution >= 4 is 22.3 Å². The van der Waals surface area contributed by atoms with Gasteiger partial charge in [0, 0.05) is 25.2 Å². The Hall–Kier alpha value is -3.79. The van der Waals surface area contributed by atoms with Crippen LogP contribution >= 0.6 is 0 Å². The van der Waals surface area contributed by atoms with Crippen LogP contribution in [-0.2, 0) is 11.2 Å². The highest BCUT2D eigenvalue weighted by atomic mass is 19.1. The highest BCUT2D eigenvalue weighted by Gasteiger charge is 2.19. The first-order valence-electron chi connectivity index (χ1n) is 10.3. The summed E-state index contributed by atoms with van der Waals surface area (Å²) in [6.45, 7) is 2.75. The van der Waals surface area contributed by atoms with Gasteiger partial charge < -0.3 is 9.88 Å². The summed E-state index contributed by atoms with van der Waals surface area (Å²) in [7, 11) is 0. The standard InChI is InChI=1S/C25H21F2N3O2/c1-15-2-5-22(27)24-20(15)13-19(29-25(24)32)4-7-23(31)30-10-8-16(9-11-30)17-3-6-21(26)18(12-17)14-28/h2-3,5-6,8,12-13H,4,7,9-11H2,1H3,(H,29,32). The number of aromatic nitrogens is 1. The number of halogens is 2. The number of rotatable bonds is 4. The summed E-state index contributed by atoms with van der Waals surface area (Å²) in [5.74, 6) is -1.16. The summed E-state index contributed by atoms with van der Waals surface area (Å²) in [5, 5.41) is 9.60. The molecule has 1 N–H and O–H groups in total. The average Bonchev–Trinajstić information content (AvgIpc) is 2.80. The predicted molar refractivity (Wildman–Crippen MR) is 118 cm³/mol. The minimum Gasteiger partial charge on any atom is -0.339 e. The number of nitrogens with one attached hydrogen (secondary N) is 1. The third-order valence-electron chi connectivity index (χ3n) is 5.86. The highest BCUT2D eigenvalue weighted by molar-refractivity contribution is 5.86. The molecule has 3 aromatic rings. The molecule has 0 fully saturated rings. The quantitative estimate of drug-likeness (QED) is 0.669. The fourth-order valence-electron chi connectivity index (χ4n) is 4.04. The number of hydrogen-bond acceptors (Lipinski definition) is 3. The maximum atomic E-state index is 14.0. The largest absolute Gasteiger partial charge is 0.339 e. The second kappa shape index (κ2) is 8.75. The van der Waals surface area contributed by atoms with E-state index in [4.69, 9.17) is 5.26 Å². The molecule has 0 aliphatic carbocycles. The van der Waals surface area contributed by atoms with Gasteiger partial charge in [0.05, 0.1) is 10.9 Å². The van der Waals surface area contributed by atoms with Crippen LogP contribution in [0.2, 0.25) is 0 Å². The number of amides is 1. The smallest absolute Gasteiger partial charge is 0.259 e. The minimum atomic E-state index is -0.562. The molecule has 2 aromatic carbocycles. The molecule has 2 heterocycles. The van der Waals surface area contributed by atoms with Crippen LogP contribution < -0.4 is 5.56 Å². The molecule has 1 aromatic heterocycles. The number of fused-ring (bicyclic) bond motifs is 1. The molecule has 5 nitrogen and oxygen atoms in total. The van der Waals surface area contributed by atoms with Crippen molar-refractivity contribution in [3.8, 4) is 6.07 Å². The molecule has 0 radical (unpaired) electrons. The summed E-state index contributed by atoms with van der Waals surface area (Å²) in [6, 6.07) is 10.9. The highest BCUT2D eigenvalue weighted by Crippen LogP contribution is 2.25. The van der Waals surface area contributed by atoms with E-state index in [0.29, 0.717) is 37.0 Å². The molecule has 32 heavy (non-hydrogen) atoms. The summed E-state index contributed by atoms with van der Waals surface area (Å²) >= 11 is 0. The van der Waals surface area contributed by atoms with E-state index < -0.39 is 17.2 Å². The Bertz CT molecular complexity index is 1350.